The Labute approximate surface area is 151 Å². The molecule has 0 spiro atoms. The number of hydrogen-bond acceptors (Lipinski definition) is 7. The molecular formula is C15H13N3O5S2. The number of thioether (sulfide) groups is 2. The minimum atomic E-state index is -1.00. The van der Waals surface area contributed by atoms with Crippen molar-refractivity contribution >= 4 is 57.4 Å². The Balaban J connectivity index is 1.65. The number of carbonyl (C=O) groups excluding carboxylic acids is 5. The van der Waals surface area contributed by atoms with Gasteiger partial charge in [0.15, 0.2) is 0 Å². The normalized spacial score (nSPS) is 23.2. The number of aryl methyl sites for hydroxylation is 1. The predicted molar refractivity (Wildman–Crippen MR) is 93.2 cm³/mol. The van der Waals surface area contributed by atoms with Crippen molar-refractivity contribution in [3.8, 4) is 0 Å². The highest BCUT2D eigenvalue weighted by atomic mass is 32.2. The van der Waals surface area contributed by atoms with Crippen molar-refractivity contribution in [3.05, 3.63) is 29.8 Å². The van der Waals surface area contributed by atoms with E-state index in [0.29, 0.717) is 29.2 Å². The van der Waals surface area contributed by atoms with E-state index in [-0.39, 0.29) is 0 Å². The first-order chi connectivity index (χ1) is 11.8. The first kappa shape index (κ1) is 17.5. The first-order valence-corrected chi connectivity index (χ1v) is 9.01. The molecular weight excluding hydrogens is 366 g/mol. The van der Waals surface area contributed by atoms with E-state index in [1.54, 1.807) is 18.2 Å². The van der Waals surface area contributed by atoms with E-state index in [9.17, 15) is 24.0 Å². The fraction of sp³-hybridized carbons (Fsp3) is 0.267. The Morgan fingerprint density at radius 3 is 2.60 bits per heavy atom. The highest BCUT2D eigenvalue weighted by Crippen LogP contribution is 2.36. The number of rotatable bonds is 4. The molecule has 2 atom stereocenters. The Morgan fingerprint density at radius 2 is 1.96 bits per heavy atom. The zero-order chi connectivity index (χ0) is 18.1. The van der Waals surface area contributed by atoms with Gasteiger partial charge in [0.05, 0.1) is 0 Å². The van der Waals surface area contributed by atoms with Crippen molar-refractivity contribution in [2.45, 2.75) is 17.4 Å². The molecule has 8 nitrogen and oxygen atoms in total. The van der Waals surface area contributed by atoms with Gasteiger partial charge in [0.1, 0.15) is 17.0 Å². The Kier molecular flexibility index (Phi) is 4.82. The van der Waals surface area contributed by atoms with Crippen LogP contribution in [0.5, 0.6) is 0 Å². The van der Waals surface area contributed by atoms with Gasteiger partial charge >= 0.3 is 0 Å². The van der Waals surface area contributed by atoms with Gasteiger partial charge < -0.3 is 5.32 Å². The van der Waals surface area contributed by atoms with Crippen molar-refractivity contribution in [2.24, 2.45) is 0 Å². The van der Waals surface area contributed by atoms with Crippen LogP contribution in [0.15, 0.2) is 24.3 Å². The summed E-state index contributed by atoms with van der Waals surface area (Å²) in [4.78, 5) is 60.3. The van der Waals surface area contributed by atoms with E-state index in [1.165, 1.54) is 0 Å². The number of nitrogens with zero attached hydrogens (tertiary/aromatic N) is 1. The highest BCUT2D eigenvalue weighted by Gasteiger charge is 2.50. The highest BCUT2D eigenvalue weighted by molar-refractivity contribution is 8.19. The van der Waals surface area contributed by atoms with Gasteiger partial charge in [-0.2, -0.15) is 0 Å². The average molecular weight is 379 g/mol. The maximum Gasteiger partial charge on any atom is 0.289 e. The van der Waals surface area contributed by atoms with E-state index in [1.807, 2.05) is 13.0 Å². The topological polar surface area (TPSA) is 113 Å². The summed E-state index contributed by atoms with van der Waals surface area (Å²) < 4.78 is 0. The van der Waals surface area contributed by atoms with Crippen LogP contribution in [0.25, 0.3) is 0 Å². The maximum atomic E-state index is 12.4. The third-order valence-corrected chi connectivity index (χ3v) is 5.93. The largest absolute Gasteiger partial charge is 0.325 e. The molecule has 2 N–H and O–H groups in total. The van der Waals surface area contributed by atoms with Crippen LogP contribution in [0.1, 0.15) is 5.56 Å². The smallest absolute Gasteiger partial charge is 0.289 e. The fourth-order valence-corrected chi connectivity index (χ4v) is 4.54. The van der Waals surface area contributed by atoms with E-state index in [4.69, 9.17) is 0 Å². The van der Waals surface area contributed by atoms with Crippen LogP contribution in [0.2, 0.25) is 0 Å². The summed E-state index contributed by atoms with van der Waals surface area (Å²) in [6.45, 7) is 1.43. The van der Waals surface area contributed by atoms with Gasteiger partial charge in [-0.1, -0.05) is 12.1 Å². The van der Waals surface area contributed by atoms with E-state index < -0.39 is 45.2 Å². The summed E-state index contributed by atoms with van der Waals surface area (Å²) in [7, 11) is 0. The molecule has 5 amide bonds. The summed E-state index contributed by atoms with van der Waals surface area (Å²) in [6.07, 6.45) is 0. The maximum absolute atomic E-state index is 12.4. The molecule has 3 rings (SSSR count). The number of benzene rings is 1. The molecule has 1 aromatic carbocycles. The molecule has 0 bridgehead atoms. The van der Waals surface area contributed by atoms with E-state index in [0.717, 1.165) is 10.5 Å². The van der Waals surface area contributed by atoms with Crippen LogP contribution < -0.4 is 10.6 Å². The van der Waals surface area contributed by atoms with Crippen LogP contribution in [-0.4, -0.2) is 50.1 Å². The van der Waals surface area contributed by atoms with Crippen molar-refractivity contribution < 1.29 is 24.0 Å². The number of hydrogen-bond donors (Lipinski definition) is 2. The quantitative estimate of drug-likeness (QED) is 0.812. The minimum absolute atomic E-state index is 0.442. The second kappa shape index (κ2) is 6.89. The van der Waals surface area contributed by atoms with Crippen LogP contribution in [0, 0.1) is 6.92 Å². The van der Waals surface area contributed by atoms with E-state index >= 15 is 0 Å². The first-order valence-electron chi connectivity index (χ1n) is 7.25. The Morgan fingerprint density at radius 1 is 1.20 bits per heavy atom. The van der Waals surface area contributed by atoms with Crippen LogP contribution in [0.3, 0.4) is 0 Å². The van der Waals surface area contributed by atoms with Gasteiger partial charge in [-0.05, 0) is 48.1 Å². The van der Waals surface area contributed by atoms with Crippen LogP contribution in [-0.2, 0) is 14.4 Å². The summed E-state index contributed by atoms with van der Waals surface area (Å²) in [5, 5.41) is 1.58. The van der Waals surface area contributed by atoms with E-state index in [2.05, 4.69) is 10.6 Å². The molecule has 25 heavy (non-hydrogen) atoms. The average Bonchev–Trinajstić information content (AvgIpc) is 3.00. The van der Waals surface area contributed by atoms with Crippen molar-refractivity contribution in [3.63, 3.8) is 0 Å². The molecule has 2 fully saturated rings. The van der Waals surface area contributed by atoms with Gasteiger partial charge in [-0.15, -0.1) is 0 Å². The Bertz CT molecular complexity index is 797. The van der Waals surface area contributed by atoms with Gasteiger partial charge in [0.25, 0.3) is 10.5 Å². The number of anilines is 1. The summed E-state index contributed by atoms with van der Waals surface area (Å²) in [5.74, 6) is -1.76. The minimum Gasteiger partial charge on any atom is -0.325 e. The number of carbonyl (C=O) groups is 5. The standard InChI is InChI=1S/C15H13N3O5S2/c1-7-3-2-4-8(5-7)16-9(19)6-18-13(21)11(25-15(18)23)10-12(20)17-14(22)24-10/h2-5,10-11H,6H2,1H3,(H,16,19)(H,17,20,22). The molecule has 10 heteroatoms. The lowest BCUT2D eigenvalue weighted by molar-refractivity contribution is -0.131. The zero-order valence-electron chi connectivity index (χ0n) is 13.0. The molecule has 2 unspecified atom stereocenters. The van der Waals surface area contributed by atoms with Gasteiger partial charge in [-0.25, -0.2) is 0 Å². The summed E-state index contributed by atoms with van der Waals surface area (Å²) in [6, 6.07) is 7.10. The lowest BCUT2D eigenvalue weighted by atomic mass is 10.2. The molecule has 0 aromatic heterocycles. The monoisotopic (exact) mass is 379 g/mol. The molecule has 130 valence electrons. The number of amides is 5. The second-order valence-corrected chi connectivity index (χ2v) is 7.67. The van der Waals surface area contributed by atoms with Crippen molar-refractivity contribution in [1.82, 2.24) is 10.2 Å². The lowest BCUT2D eigenvalue weighted by Gasteiger charge is -2.15. The fourth-order valence-electron chi connectivity index (χ4n) is 2.44. The summed E-state index contributed by atoms with van der Waals surface area (Å²) >= 11 is 1.34. The number of imide groups is 2. The molecule has 1 aromatic rings. The SMILES string of the molecule is Cc1cccc(NC(=O)CN2C(=O)SC(C3SC(=O)NC3=O)C2=O)c1. The molecule has 2 aliphatic heterocycles. The van der Waals surface area contributed by atoms with Crippen LogP contribution >= 0.6 is 23.5 Å². The second-order valence-electron chi connectivity index (χ2n) is 5.46. The van der Waals surface area contributed by atoms with Crippen molar-refractivity contribution in [1.29, 1.82) is 0 Å². The zero-order valence-corrected chi connectivity index (χ0v) is 14.6. The van der Waals surface area contributed by atoms with Gasteiger partial charge in [-0.3, -0.25) is 34.2 Å². The predicted octanol–water partition coefficient (Wildman–Crippen LogP) is 1.35. The molecule has 0 saturated carbocycles. The molecule has 0 radical (unpaired) electrons. The van der Waals surface area contributed by atoms with Gasteiger partial charge in [0.2, 0.25) is 17.7 Å². The van der Waals surface area contributed by atoms with Gasteiger partial charge in [0, 0.05) is 5.69 Å². The molecule has 2 saturated heterocycles. The molecule has 2 aliphatic rings. The number of nitrogens with one attached hydrogen (secondary N) is 2. The van der Waals surface area contributed by atoms with Crippen molar-refractivity contribution in [2.75, 3.05) is 11.9 Å². The van der Waals surface area contributed by atoms with Crippen LogP contribution in [0.4, 0.5) is 15.3 Å². The molecule has 0 aliphatic carbocycles. The summed E-state index contributed by atoms with van der Waals surface area (Å²) in [5.41, 5.74) is 1.51. The third kappa shape index (κ3) is 3.69. The molecule has 2 heterocycles. The third-order valence-electron chi connectivity index (χ3n) is 3.55. The lowest BCUT2D eigenvalue weighted by Crippen LogP contribution is -2.42. The Hall–Kier alpha value is -2.33.